The minimum Gasteiger partial charge on any atom is -0.225 e. The quantitative estimate of drug-likeness (QED) is 0.754. The normalized spacial score (nSPS) is 13.0. The van der Waals surface area contributed by atoms with E-state index in [0.717, 1.165) is 48.5 Å². The van der Waals surface area contributed by atoms with Gasteiger partial charge in [-0.3, -0.25) is 0 Å². The lowest BCUT2D eigenvalue weighted by Gasteiger charge is -2.06. The van der Waals surface area contributed by atoms with Crippen LogP contribution in [0.3, 0.4) is 0 Å². The lowest BCUT2D eigenvalue weighted by Crippen LogP contribution is -2.13. The van der Waals surface area contributed by atoms with E-state index < -0.39 is 29.9 Å². The van der Waals surface area contributed by atoms with Crippen LogP contribution in [0, 0.1) is 0 Å². The fraction of sp³-hybridized carbons (Fsp3) is 0. The van der Waals surface area contributed by atoms with Gasteiger partial charge in [0.2, 0.25) is 29.9 Å². The van der Waals surface area contributed by atoms with E-state index in [2.05, 4.69) is 0 Å². The molecule has 2 rings (SSSR count). The number of nitrogens with two attached hydrogens (primary N) is 2. The largest absolute Gasteiger partial charge is 0.238 e. The summed E-state index contributed by atoms with van der Waals surface area (Å²) in [5.41, 5.74) is 0. The molecule has 0 unspecified atom stereocenters. The summed E-state index contributed by atoms with van der Waals surface area (Å²) < 4.78 is 69.4. The topological polar surface area (TPSA) is 154 Å². The van der Waals surface area contributed by atoms with Gasteiger partial charge in [0.05, 0.1) is 19.6 Å². The number of sulfonamides is 2. The molecule has 0 aliphatic rings. The van der Waals surface area contributed by atoms with Crippen molar-refractivity contribution >= 4 is 29.9 Å². The van der Waals surface area contributed by atoms with Gasteiger partial charge in [0.15, 0.2) is 0 Å². The van der Waals surface area contributed by atoms with Crippen molar-refractivity contribution in [3.05, 3.63) is 48.5 Å². The van der Waals surface area contributed by atoms with Gasteiger partial charge < -0.3 is 0 Å². The molecule has 2 aromatic carbocycles. The summed E-state index contributed by atoms with van der Waals surface area (Å²) in [5.74, 6) is 0. The van der Waals surface area contributed by atoms with Crippen LogP contribution in [0.4, 0.5) is 0 Å². The predicted molar refractivity (Wildman–Crippen MR) is 81.1 cm³/mol. The van der Waals surface area contributed by atoms with Crippen LogP contribution in [0.2, 0.25) is 0 Å². The maximum Gasteiger partial charge on any atom is 0.238 e. The van der Waals surface area contributed by atoms with Crippen LogP contribution in [0.5, 0.6) is 0 Å². The summed E-state index contributed by atoms with van der Waals surface area (Å²) in [5, 5.41) is 9.88. The van der Waals surface area contributed by atoms with Gasteiger partial charge in [0, 0.05) is 0 Å². The minimum atomic E-state index is -3.93. The highest BCUT2D eigenvalue weighted by atomic mass is 32.2. The molecule has 8 nitrogen and oxygen atoms in total. The van der Waals surface area contributed by atoms with Gasteiger partial charge in [-0.15, -0.1) is 0 Å². The number of hydrogen-bond acceptors (Lipinski definition) is 6. The standard InChI is InChI=1S/C12H12N2O6S3/c13-22(17,18)11-5-1-9(2-6-11)21(15,16)10-3-7-12(8-4-10)23(14,19)20/h1-8H,(H2,13,17,18)(H2,14,19,20). The fourth-order valence-electron chi connectivity index (χ4n) is 1.75. The molecule has 0 spiro atoms. The third kappa shape index (κ3) is 3.76. The van der Waals surface area contributed by atoms with Gasteiger partial charge in [-0.25, -0.2) is 35.5 Å². The molecular weight excluding hydrogens is 364 g/mol. The van der Waals surface area contributed by atoms with Gasteiger partial charge in [-0.1, -0.05) is 0 Å². The highest BCUT2D eigenvalue weighted by molar-refractivity contribution is 7.91. The Morgan fingerprint density at radius 3 is 0.913 bits per heavy atom. The van der Waals surface area contributed by atoms with Gasteiger partial charge in [0.1, 0.15) is 0 Å². The second-order valence-electron chi connectivity index (χ2n) is 4.54. The van der Waals surface area contributed by atoms with Crippen LogP contribution in [-0.2, 0) is 29.9 Å². The Hall–Kier alpha value is -1.79. The van der Waals surface area contributed by atoms with E-state index in [1.165, 1.54) is 0 Å². The van der Waals surface area contributed by atoms with Crippen LogP contribution < -0.4 is 10.3 Å². The van der Waals surface area contributed by atoms with Crippen molar-refractivity contribution in [2.24, 2.45) is 10.3 Å². The van der Waals surface area contributed by atoms with Crippen LogP contribution in [0.1, 0.15) is 0 Å². The maximum absolute atomic E-state index is 12.4. The lowest BCUT2D eigenvalue weighted by molar-refractivity contribution is 0.592. The van der Waals surface area contributed by atoms with Gasteiger partial charge in [-0.05, 0) is 48.5 Å². The molecule has 2 aromatic rings. The van der Waals surface area contributed by atoms with Crippen molar-refractivity contribution in [1.82, 2.24) is 0 Å². The third-order valence-corrected chi connectivity index (χ3v) is 6.57. The SMILES string of the molecule is NS(=O)(=O)c1ccc(S(=O)(=O)c2ccc(S(N)(=O)=O)cc2)cc1. The summed E-state index contributed by atoms with van der Waals surface area (Å²) in [6.07, 6.45) is 0. The monoisotopic (exact) mass is 376 g/mol. The van der Waals surface area contributed by atoms with E-state index in [1.807, 2.05) is 0 Å². The van der Waals surface area contributed by atoms with Crippen molar-refractivity contribution in [3.63, 3.8) is 0 Å². The molecule has 0 bridgehead atoms. The van der Waals surface area contributed by atoms with Crippen LogP contribution in [0.15, 0.2) is 68.1 Å². The van der Waals surface area contributed by atoms with Crippen molar-refractivity contribution in [3.8, 4) is 0 Å². The summed E-state index contributed by atoms with van der Waals surface area (Å²) in [7, 11) is -11.8. The first-order valence-corrected chi connectivity index (χ1v) is 10.5. The summed E-state index contributed by atoms with van der Waals surface area (Å²) >= 11 is 0. The molecule has 0 amide bonds. The van der Waals surface area contributed by atoms with Crippen molar-refractivity contribution in [2.45, 2.75) is 19.6 Å². The average Bonchev–Trinajstić information content (AvgIpc) is 2.46. The Balaban J connectivity index is 2.46. The molecule has 0 radical (unpaired) electrons. The van der Waals surface area contributed by atoms with E-state index >= 15 is 0 Å². The summed E-state index contributed by atoms with van der Waals surface area (Å²) in [6.45, 7) is 0. The lowest BCUT2D eigenvalue weighted by atomic mass is 10.4. The van der Waals surface area contributed by atoms with E-state index in [9.17, 15) is 25.3 Å². The first kappa shape index (κ1) is 17.6. The number of hydrogen-bond donors (Lipinski definition) is 2. The zero-order chi connectivity index (χ0) is 17.5. The number of benzene rings is 2. The van der Waals surface area contributed by atoms with Gasteiger partial charge >= 0.3 is 0 Å². The molecule has 11 heteroatoms. The van der Waals surface area contributed by atoms with Crippen LogP contribution >= 0.6 is 0 Å². The number of primary sulfonamides is 2. The highest BCUT2D eigenvalue weighted by Gasteiger charge is 2.19. The number of sulfone groups is 1. The zero-order valence-corrected chi connectivity index (χ0v) is 13.9. The molecule has 0 aromatic heterocycles. The second kappa shape index (κ2) is 5.69. The molecule has 4 N–H and O–H groups in total. The summed E-state index contributed by atoms with van der Waals surface area (Å²) in [6, 6.07) is 8.68. The molecule has 124 valence electrons. The molecule has 0 atom stereocenters. The Bertz CT molecular complexity index is 957. The van der Waals surface area contributed by atoms with Crippen LogP contribution in [0.25, 0.3) is 0 Å². The second-order valence-corrected chi connectivity index (χ2v) is 9.61. The predicted octanol–water partition coefficient (Wildman–Crippen LogP) is -0.186. The molecule has 0 aliphatic carbocycles. The van der Waals surface area contributed by atoms with Gasteiger partial charge in [-0.2, -0.15) is 0 Å². The molecule has 0 heterocycles. The summed E-state index contributed by atoms with van der Waals surface area (Å²) in [4.78, 5) is -0.761. The maximum atomic E-state index is 12.4. The van der Waals surface area contributed by atoms with E-state index in [4.69, 9.17) is 10.3 Å². The minimum absolute atomic E-state index is 0.159. The van der Waals surface area contributed by atoms with E-state index in [0.29, 0.717) is 0 Å². The molecule has 23 heavy (non-hydrogen) atoms. The molecular formula is C12H12N2O6S3. The van der Waals surface area contributed by atoms with E-state index in [-0.39, 0.29) is 19.6 Å². The van der Waals surface area contributed by atoms with Crippen molar-refractivity contribution < 1.29 is 25.3 Å². The third-order valence-electron chi connectivity index (χ3n) is 2.93. The van der Waals surface area contributed by atoms with Crippen molar-refractivity contribution in [1.29, 1.82) is 0 Å². The highest BCUT2D eigenvalue weighted by Crippen LogP contribution is 2.23. The first-order valence-electron chi connectivity index (χ1n) is 5.93. The molecule has 0 saturated carbocycles. The molecule has 0 saturated heterocycles. The average molecular weight is 376 g/mol. The Kier molecular flexibility index (Phi) is 4.34. The van der Waals surface area contributed by atoms with Crippen LogP contribution in [-0.4, -0.2) is 25.3 Å². The van der Waals surface area contributed by atoms with Crippen molar-refractivity contribution in [2.75, 3.05) is 0 Å². The first-order chi connectivity index (χ1) is 10.4. The number of rotatable bonds is 4. The molecule has 0 aliphatic heterocycles. The Labute approximate surface area is 133 Å². The molecule has 0 fully saturated rings. The van der Waals surface area contributed by atoms with Gasteiger partial charge in [0.25, 0.3) is 0 Å². The Morgan fingerprint density at radius 2 is 0.696 bits per heavy atom. The van der Waals surface area contributed by atoms with E-state index in [1.54, 1.807) is 0 Å². The zero-order valence-electron chi connectivity index (χ0n) is 11.4. The smallest absolute Gasteiger partial charge is 0.225 e. The Morgan fingerprint density at radius 1 is 0.478 bits per heavy atom. The fourth-order valence-corrected chi connectivity index (χ4v) is 4.04.